The molecule has 7 heteroatoms. The molecule has 2 heterocycles. The maximum Gasteiger partial charge on any atom is 0.251 e. The number of benzene rings is 1. The predicted octanol–water partition coefficient (Wildman–Crippen LogP) is 4.84. The molecule has 1 saturated heterocycles. The summed E-state index contributed by atoms with van der Waals surface area (Å²) in [5.74, 6) is 1.74. The molecular formula is C23H30ClN3O3. The smallest absolute Gasteiger partial charge is 0.251 e. The predicted molar refractivity (Wildman–Crippen MR) is 120 cm³/mol. The van der Waals surface area contributed by atoms with Crippen LogP contribution in [0.15, 0.2) is 30.5 Å². The van der Waals surface area contributed by atoms with Crippen molar-refractivity contribution in [2.75, 3.05) is 31.2 Å². The largest absolute Gasteiger partial charge is 0.490 e. The molecule has 1 fully saturated rings. The molecule has 2 aromatic rings. The van der Waals surface area contributed by atoms with E-state index in [-0.39, 0.29) is 5.91 Å². The van der Waals surface area contributed by atoms with Gasteiger partial charge < -0.3 is 19.7 Å². The molecule has 0 atom stereocenters. The molecule has 0 bridgehead atoms. The average Bonchev–Trinajstić information content (AvgIpc) is 2.78. The van der Waals surface area contributed by atoms with Crippen molar-refractivity contribution in [1.82, 2.24) is 10.3 Å². The summed E-state index contributed by atoms with van der Waals surface area (Å²) in [4.78, 5) is 19.5. The van der Waals surface area contributed by atoms with Crippen LogP contribution >= 0.6 is 11.6 Å². The minimum atomic E-state index is -0.222. The molecule has 1 aliphatic rings. The van der Waals surface area contributed by atoms with Crippen LogP contribution < -0.4 is 19.7 Å². The number of amides is 1. The van der Waals surface area contributed by atoms with Gasteiger partial charge in [0.1, 0.15) is 5.82 Å². The van der Waals surface area contributed by atoms with Gasteiger partial charge in [0.25, 0.3) is 5.91 Å². The molecule has 0 unspecified atom stereocenters. The molecule has 1 N–H and O–H groups in total. The lowest BCUT2D eigenvalue weighted by Crippen LogP contribution is -2.30. The summed E-state index contributed by atoms with van der Waals surface area (Å²) in [6.07, 6.45) is 6.41. The highest BCUT2D eigenvalue weighted by atomic mass is 35.5. The zero-order valence-electron chi connectivity index (χ0n) is 17.7. The van der Waals surface area contributed by atoms with Gasteiger partial charge in [-0.25, -0.2) is 4.98 Å². The summed E-state index contributed by atoms with van der Waals surface area (Å²) in [6, 6.07) is 7.32. The Kier molecular flexibility index (Phi) is 8.20. The van der Waals surface area contributed by atoms with Gasteiger partial charge in [0.05, 0.1) is 18.2 Å². The summed E-state index contributed by atoms with van der Waals surface area (Å²) in [5, 5.41) is 3.29. The number of halogens is 1. The first kappa shape index (κ1) is 22.2. The quantitative estimate of drug-likeness (QED) is 0.615. The third-order valence-electron chi connectivity index (χ3n) is 4.96. The van der Waals surface area contributed by atoms with Gasteiger partial charge in [-0.1, -0.05) is 24.6 Å². The van der Waals surface area contributed by atoms with Crippen LogP contribution in [0, 0.1) is 0 Å². The van der Waals surface area contributed by atoms with Crippen LogP contribution in [-0.4, -0.2) is 37.2 Å². The van der Waals surface area contributed by atoms with Gasteiger partial charge in [0.2, 0.25) is 0 Å². The van der Waals surface area contributed by atoms with Gasteiger partial charge in [-0.2, -0.15) is 0 Å². The van der Waals surface area contributed by atoms with Crippen molar-refractivity contribution in [2.24, 2.45) is 0 Å². The van der Waals surface area contributed by atoms with E-state index >= 15 is 0 Å². The lowest BCUT2D eigenvalue weighted by Gasteiger charge is -2.27. The van der Waals surface area contributed by atoms with Gasteiger partial charge in [-0.15, -0.1) is 0 Å². The molecule has 1 aromatic heterocycles. The maximum absolute atomic E-state index is 12.7. The summed E-state index contributed by atoms with van der Waals surface area (Å²) in [7, 11) is 0. The Morgan fingerprint density at radius 2 is 1.97 bits per heavy atom. The van der Waals surface area contributed by atoms with Crippen LogP contribution in [0.4, 0.5) is 5.82 Å². The van der Waals surface area contributed by atoms with Crippen molar-refractivity contribution >= 4 is 23.3 Å². The normalized spacial score (nSPS) is 13.8. The zero-order valence-corrected chi connectivity index (χ0v) is 18.5. The number of aromatic nitrogens is 1. The lowest BCUT2D eigenvalue weighted by molar-refractivity contribution is 0.0950. The second-order valence-corrected chi connectivity index (χ2v) is 7.73. The lowest BCUT2D eigenvalue weighted by atomic mass is 10.1. The summed E-state index contributed by atoms with van der Waals surface area (Å²) in [5.41, 5.74) is 1.38. The molecule has 1 amide bonds. The fourth-order valence-electron chi connectivity index (χ4n) is 3.42. The SMILES string of the molecule is CCCOc1c(Cl)cc(C(=O)NCc2ccc(N3CCCCC3)nc2)cc1OCC. The molecule has 0 saturated carbocycles. The first-order chi connectivity index (χ1) is 14.6. The minimum Gasteiger partial charge on any atom is -0.490 e. The number of nitrogens with zero attached hydrogens (tertiary/aromatic N) is 2. The standard InChI is InChI=1S/C23H30ClN3O3/c1-3-12-30-22-19(24)13-18(14-20(22)29-4-2)23(28)26-16-17-8-9-21(25-15-17)27-10-6-5-7-11-27/h8-9,13-15H,3-7,10-12,16H2,1-2H3,(H,26,28). The Balaban J connectivity index is 1.63. The van der Waals surface area contributed by atoms with Crippen molar-refractivity contribution in [1.29, 1.82) is 0 Å². The van der Waals surface area contributed by atoms with E-state index in [2.05, 4.69) is 15.2 Å². The molecule has 3 rings (SSSR count). The number of piperidine rings is 1. The number of carbonyl (C=O) groups is 1. The van der Waals surface area contributed by atoms with Gasteiger partial charge in [-0.3, -0.25) is 4.79 Å². The number of anilines is 1. The van der Waals surface area contributed by atoms with Crippen molar-refractivity contribution in [3.63, 3.8) is 0 Å². The molecule has 0 radical (unpaired) electrons. The van der Waals surface area contributed by atoms with Crippen molar-refractivity contribution < 1.29 is 14.3 Å². The fraction of sp³-hybridized carbons (Fsp3) is 0.478. The van der Waals surface area contributed by atoms with E-state index in [9.17, 15) is 4.79 Å². The van der Waals surface area contributed by atoms with Crippen LogP contribution in [0.3, 0.4) is 0 Å². The van der Waals surface area contributed by atoms with Crippen LogP contribution in [-0.2, 0) is 6.54 Å². The van der Waals surface area contributed by atoms with Crippen LogP contribution in [0.5, 0.6) is 11.5 Å². The number of ether oxygens (including phenoxy) is 2. The number of pyridine rings is 1. The highest BCUT2D eigenvalue weighted by Crippen LogP contribution is 2.36. The van der Waals surface area contributed by atoms with Crippen molar-refractivity contribution in [2.45, 2.75) is 46.1 Å². The highest BCUT2D eigenvalue weighted by molar-refractivity contribution is 6.32. The van der Waals surface area contributed by atoms with Gasteiger partial charge in [0.15, 0.2) is 11.5 Å². The maximum atomic E-state index is 12.7. The zero-order chi connectivity index (χ0) is 21.3. The third-order valence-corrected chi connectivity index (χ3v) is 5.25. The second kappa shape index (κ2) is 11.1. The molecule has 0 aliphatic carbocycles. The van der Waals surface area contributed by atoms with Crippen LogP contribution in [0.1, 0.15) is 55.5 Å². The average molecular weight is 432 g/mol. The van der Waals surface area contributed by atoms with E-state index in [0.717, 1.165) is 30.9 Å². The highest BCUT2D eigenvalue weighted by Gasteiger charge is 2.17. The van der Waals surface area contributed by atoms with Gasteiger partial charge >= 0.3 is 0 Å². The topological polar surface area (TPSA) is 63.7 Å². The summed E-state index contributed by atoms with van der Waals surface area (Å²) >= 11 is 6.36. The number of rotatable bonds is 9. The van der Waals surface area contributed by atoms with Crippen LogP contribution in [0.2, 0.25) is 5.02 Å². The third kappa shape index (κ3) is 5.79. The number of nitrogens with one attached hydrogen (secondary N) is 1. The Labute approximate surface area is 183 Å². The fourth-order valence-corrected chi connectivity index (χ4v) is 3.69. The number of carbonyl (C=O) groups excluding carboxylic acids is 1. The first-order valence-electron chi connectivity index (χ1n) is 10.7. The van der Waals surface area contributed by atoms with Gasteiger partial charge in [0, 0.05) is 31.4 Å². The molecule has 6 nitrogen and oxygen atoms in total. The molecule has 1 aliphatic heterocycles. The molecular weight excluding hydrogens is 402 g/mol. The van der Waals surface area contributed by atoms with E-state index in [1.54, 1.807) is 12.1 Å². The number of hydrogen-bond donors (Lipinski definition) is 1. The van der Waals surface area contributed by atoms with Crippen molar-refractivity contribution in [3.8, 4) is 11.5 Å². The number of hydrogen-bond acceptors (Lipinski definition) is 5. The summed E-state index contributed by atoms with van der Waals surface area (Å²) in [6.45, 7) is 7.40. The van der Waals surface area contributed by atoms with E-state index in [1.807, 2.05) is 32.2 Å². The van der Waals surface area contributed by atoms with Crippen LogP contribution in [0.25, 0.3) is 0 Å². The van der Waals surface area contributed by atoms with E-state index in [4.69, 9.17) is 21.1 Å². The Morgan fingerprint density at radius 3 is 2.63 bits per heavy atom. The van der Waals surface area contributed by atoms with Crippen molar-refractivity contribution in [3.05, 3.63) is 46.6 Å². The van der Waals surface area contributed by atoms with Gasteiger partial charge in [-0.05, 0) is 56.4 Å². The minimum absolute atomic E-state index is 0.222. The Morgan fingerprint density at radius 1 is 1.17 bits per heavy atom. The Bertz CT molecular complexity index is 836. The summed E-state index contributed by atoms with van der Waals surface area (Å²) < 4.78 is 11.3. The molecule has 1 aromatic carbocycles. The molecule has 30 heavy (non-hydrogen) atoms. The monoisotopic (exact) mass is 431 g/mol. The van der Waals surface area contributed by atoms with E-state index in [0.29, 0.717) is 41.8 Å². The first-order valence-corrected chi connectivity index (χ1v) is 11.1. The molecule has 0 spiro atoms. The second-order valence-electron chi connectivity index (χ2n) is 7.32. The van der Waals surface area contributed by atoms with E-state index < -0.39 is 0 Å². The molecule has 162 valence electrons. The van der Waals surface area contributed by atoms with E-state index in [1.165, 1.54) is 19.3 Å². The Hall–Kier alpha value is -2.47.